The topological polar surface area (TPSA) is 37.3 Å². The van der Waals surface area contributed by atoms with Crippen molar-refractivity contribution in [2.45, 2.75) is 84.0 Å². The second-order valence-corrected chi connectivity index (χ2v) is 5.68. The number of aliphatic carboxylic acids is 1. The van der Waals surface area contributed by atoms with Gasteiger partial charge in [-0.2, -0.15) is 0 Å². The summed E-state index contributed by atoms with van der Waals surface area (Å²) >= 11 is 0. The number of rotatable bonds is 15. The molecule has 126 valence electrons. The van der Waals surface area contributed by atoms with Gasteiger partial charge in [0.25, 0.3) is 0 Å². The average molecular weight is 306 g/mol. The van der Waals surface area contributed by atoms with Crippen LogP contribution in [0.3, 0.4) is 0 Å². The first kappa shape index (κ1) is 20.7. The lowest BCUT2D eigenvalue weighted by Crippen LogP contribution is -1.92. The van der Waals surface area contributed by atoms with E-state index in [9.17, 15) is 4.79 Å². The first-order chi connectivity index (χ1) is 10.8. The summed E-state index contributed by atoms with van der Waals surface area (Å²) in [4.78, 5) is 10.3. The molecule has 0 saturated heterocycles. The molecule has 0 unspecified atom stereocenters. The quantitative estimate of drug-likeness (QED) is 0.279. The predicted molar refractivity (Wildman–Crippen MR) is 96.1 cm³/mol. The van der Waals surface area contributed by atoms with Gasteiger partial charge in [0, 0.05) is 6.42 Å². The fourth-order valence-corrected chi connectivity index (χ4v) is 2.18. The van der Waals surface area contributed by atoms with Crippen molar-refractivity contribution in [3.05, 3.63) is 36.5 Å². The molecule has 0 heterocycles. The average Bonchev–Trinajstić information content (AvgIpc) is 2.50. The molecule has 22 heavy (non-hydrogen) atoms. The van der Waals surface area contributed by atoms with Crippen molar-refractivity contribution >= 4 is 5.97 Å². The molecule has 0 aromatic rings. The van der Waals surface area contributed by atoms with Crippen molar-refractivity contribution in [3.8, 4) is 0 Å². The van der Waals surface area contributed by atoms with E-state index < -0.39 is 5.97 Å². The summed E-state index contributed by atoms with van der Waals surface area (Å²) in [7, 11) is 0. The Morgan fingerprint density at radius 2 is 1.14 bits per heavy atom. The van der Waals surface area contributed by atoms with Gasteiger partial charge in [-0.3, -0.25) is 4.79 Å². The number of hydrogen-bond acceptors (Lipinski definition) is 1. The van der Waals surface area contributed by atoms with Crippen LogP contribution >= 0.6 is 0 Å². The van der Waals surface area contributed by atoms with Gasteiger partial charge >= 0.3 is 5.97 Å². The van der Waals surface area contributed by atoms with Gasteiger partial charge in [0.05, 0.1) is 0 Å². The molecule has 0 fully saturated rings. The third kappa shape index (κ3) is 18.7. The normalized spacial score (nSPS) is 12.0. The van der Waals surface area contributed by atoms with Gasteiger partial charge in [-0.25, -0.2) is 0 Å². The maximum atomic E-state index is 10.3. The fraction of sp³-hybridized carbons (Fsp3) is 0.650. The number of carboxylic acids is 1. The van der Waals surface area contributed by atoms with Crippen LogP contribution in [0.15, 0.2) is 36.5 Å². The SMILES string of the molecule is CC/C=C/CCC/C=C/CCCCC/C=C/CCCC(=O)O. The Hall–Kier alpha value is -1.31. The van der Waals surface area contributed by atoms with Gasteiger partial charge in [0.2, 0.25) is 0 Å². The van der Waals surface area contributed by atoms with Crippen LogP contribution in [0, 0.1) is 0 Å². The first-order valence-corrected chi connectivity index (χ1v) is 8.94. The Morgan fingerprint density at radius 3 is 1.64 bits per heavy atom. The Bertz CT molecular complexity index is 327. The molecule has 0 aromatic heterocycles. The van der Waals surface area contributed by atoms with Crippen LogP contribution in [0.4, 0.5) is 0 Å². The standard InChI is InChI=1S/C20H34O2/c1-2-3-4-5-6-7-8-9-10-11-12-13-14-15-16-17-18-19-20(21)22/h3-4,8-9,15-16H,2,5-7,10-14,17-19H2,1H3,(H,21,22)/b4-3+,9-8+,16-15+. The summed E-state index contributed by atoms with van der Waals surface area (Å²) in [5, 5.41) is 8.51. The lowest BCUT2D eigenvalue weighted by molar-refractivity contribution is -0.137. The lowest BCUT2D eigenvalue weighted by atomic mass is 10.1. The molecule has 0 amide bonds. The molecule has 2 heteroatoms. The largest absolute Gasteiger partial charge is 0.481 e. The molecule has 0 saturated carbocycles. The van der Waals surface area contributed by atoms with Crippen LogP contribution in [-0.2, 0) is 4.79 Å². The zero-order chi connectivity index (χ0) is 16.3. The van der Waals surface area contributed by atoms with Crippen molar-refractivity contribution in [3.63, 3.8) is 0 Å². The highest BCUT2D eigenvalue weighted by Gasteiger charge is 1.93. The fourth-order valence-electron chi connectivity index (χ4n) is 2.18. The molecular weight excluding hydrogens is 272 g/mol. The van der Waals surface area contributed by atoms with Crippen molar-refractivity contribution in [2.24, 2.45) is 0 Å². The molecule has 0 aromatic carbocycles. The van der Waals surface area contributed by atoms with Crippen molar-refractivity contribution in [2.75, 3.05) is 0 Å². The van der Waals surface area contributed by atoms with E-state index in [-0.39, 0.29) is 6.42 Å². The van der Waals surface area contributed by atoms with E-state index >= 15 is 0 Å². The van der Waals surface area contributed by atoms with Gasteiger partial charge < -0.3 is 5.11 Å². The molecular formula is C20H34O2. The second kappa shape index (κ2) is 17.7. The zero-order valence-corrected chi connectivity index (χ0v) is 14.3. The maximum absolute atomic E-state index is 10.3. The summed E-state index contributed by atoms with van der Waals surface area (Å²) in [6.45, 7) is 2.17. The Kier molecular flexibility index (Phi) is 16.7. The highest BCUT2D eigenvalue weighted by Crippen LogP contribution is 2.06. The number of carbonyl (C=O) groups is 1. The van der Waals surface area contributed by atoms with Crippen LogP contribution in [0.1, 0.15) is 84.0 Å². The minimum Gasteiger partial charge on any atom is -0.481 e. The predicted octanol–water partition coefficient (Wildman–Crippen LogP) is 6.44. The van der Waals surface area contributed by atoms with E-state index in [0.29, 0.717) is 0 Å². The molecule has 0 spiro atoms. The lowest BCUT2D eigenvalue weighted by Gasteiger charge is -1.96. The smallest absolute Gasteiger partial charge is 0.303 e. The molecule has 0 atom stereocenters. The van der Waals surface area contributed by atoms with Gasteiger partial charge in [-0.05, 0) is 64.2 Å². The van der Waals surface area contributed by atoms with Crippen LogP contribution in [0.2, 0.25) is 0 Å². The highest BCUT2D eigenvalue weighted by molar-refractivity contribution is 5.66. The number of carboxylic acid groups (broad SMARTS) is 1. The van der Waals surface area contributed by atoms with Gasteiger partial charge in [-0.15, -0.1) is 0 Å². The molecule has 0 bridgehead atoms. The number of allylic oxidation sites excluding steroid dienone is 6. The van der Waals surface area contributed by atoms with Crippen LogP contribution in [0.5, 0.6) is 0 Å². The minimum atomic E-state index is -0.695. The summed E-state index contributed by atoms with van der Waals surface area (Å²) in [5.41, 5.74) is 0. The van der Waals surface area contributed by atoms with E-state index in [0.717, 1.165) is 25.7 Å². The summed E-state index contributed by atoms with van der Waals surface area (Å²) in [5.74, 6) is -0.695. The third-order valence-electron chi connectivity index (χ3n) is 3.48. The van der Waals surface area contributed by atoms with Crippen LogP contribution in [-0.4, -0.2) is 11.1 Å². The van der Waals surface area contributed by atoms with Gasteiger partial charge in [0.15, 0.2) is 0 Å². The summed E-state index contributed by atoms with van der Waals surface area (Å²) in [6, 6.07) is 0. The van der Waals surface area contributed by atoms with Crippen molar-refractivity contribution in [1.29, 1.82) is 0 Å². The van der Waals surface area contributed by atoms with Gasteiger partial charge in [-0.1, -0.05) is 49.8 Å². The Labute approximate surface area is 137 Å². The van der Waals surface area contributed by atoms with Crippen molar-refractivity contribution in [1.82, 2.24) is 0 Å². The third-order valence-corrected chi connectivity index (χ3v) is 3.48. The molecule has 0 aliphatic carbocycles. The molecule has 2 nitrogen and oxygen atoms in total. The Balaban J connectivity index is 3.20. The maximum Gasteiger partial charge on any atom is 0.303 e. The number of hydrogen-bond donors (Lipinski definition) is 1. The van der Waals surface area contributed by atoms with E-state index in [1.54, 1.807) is 0 Å². The van der Waals surface area contributed by atoms with E-state index in [2.05, 4.69) is 43.4 Å². The highest BCUT2D eigenvalue weighted by atomic mass is 16.4. The van der Waals surface area contributed by atoms with E-state index in [4.69, 9.17) is 5.11 Å². The van der Waals surface area contributed by atoms with Gasteiger partial charge in [0.1, 0.15) is 0 Å². The first-order valence-electron chi connectivity index (χ1n) is 8.94. The van der Waals surface area contributed by atoms with E-state index in [1.165, 1.54) is 44.9 Å². The van der Waals surface area contributed by atoms with Crippen LogP contribution in [0.25, 0.3) is 0 Å². The monoisotopic (exact) mass is 306 g/mol. The summed E-state index contributed by atoms with van der Waals surface area (Å²) < 4.78 is 0. The zero-order valence-electron chi connectivity index (χ0n) is 14.3. The minimum absolute atomic E-state index is 0.283. The molecule has 0 radical (unpaired) electrons. The molecule has 0 aliphatic heterocycles. The second-order valence-electron chi connectivity index (χ2n) is 5.68. The molecule has 1 N–H and O–H groups in total. The van der Waals surface area contributed by atoms with Crippen LogP contribution < -0.4 is 0 Å². The number of unbranched alkanes of at least 4 members (excludes halogenated alkanes) is 7. The molecule has 0 aliphatic rings. The van der Waals surface area contributed by atoms with Crippen molar-refractivity contribution < 1.29 is 9.90 Å². The van der Waals surface area contributed by atoms with E-state index in [1.807, 2.05) is 0 Å². The molecule has 0 rings (SSSR count). The summed E-state index contributed by atoms with van der Waals surface area (Å²) in [6.07, 6.45) is 26.4. The Morgan fingerprint density at radius 1 is 0.682 bits per heavy atom.